The molecule has 4 nitrogen and oxygen atoms in total. The van der Waals surface area contributed by atoms with Gasteiger partial charge in [-0.25, -0.2) is 4.79 Å². The maximum atomic E-state index is 12.3. The van der Waals surface area contributed by atoms with Crippen LogP contribution in [0.1, 0.15) is 37.5 Å². The van der Waals surface area contributed by atoms with Crippen molar-refractivity contribution in [2.24, 2.45) is 0 Å². The summed E-state index contributed by atoms with van der Waals surface area (Å²) in [6, 6.07) is 16.7. The van der Waals surface area contributed by atoms with Crippen LogP contribution in [0, 0.1) is 0 Å². The van der Waals surface area contributed by atoms with Gasteiger partial charge in [0.25, 0.3) is 0 Å². The molecule has 4 heteroatoms. The Bertz CT molecular complexity index is 735. The van der Waals surface area contributed by atoms with Crippen molar-refractivity contribution in [3.05, 3.63) is 65.2 Å². The second-order valence-corrected chi connectivity index (χ2v) is 7.47. The maximum Gasteiger partial charge on any atom is 0.410 e. The molecule has 0 aliphatic carbocycles. The maximum absolute atomic E-state index is 12.3. The lowest BCUT2D eigenvalue weighted by Gasteiger charge is -2.31. The zero-order valence-electron chi connectivity index (χ0n) is 15.2. The highest BCUT2D eigenvalue weighted by molar-refractivity contribution is 5.69. The van der Waals surface area contributed by atoms with Gasteiger partial charge in [0.1, 0.15) is 5.60 Å². The van der Waals surface area contributed by atoms with E-state index in [1.165, 1.54) is 16.7 Å². The molecule has 1 aliphatic heterocycles. The number of benzene rings is 2. The molecule has 0 saturated carbocycles. The van der Waals surface area contributed by atoms with Crippen LogP contribution in [-0.4, -0.2) is 23.1 Å². The molecule has 0 saturated heterocycles. The number of fused-ring (bicyclic) bond motifs is 1. The van der Waals surface area contributed by atoms with Gasteiger partial charge in [0.05, 0.1) is 0 Å². The van der Waals surface area contributed by atoms with Gasteiger partial charge < -0.3 is 15.0 Å². The fourth-order valence-corrected chi connectivity index (χ4v) is 2.95. The Labute approximate surface area is 149 Å². The Hall–Kier alpha value is -2.49. The predicted molar refractivity (Wildman–Crippen MR) is 101 cm³/mol. The molecule has 0 radical (unpaired) electrons. The van der Waals surface area contributed by atoms with Crippen molar-refractivity contribution >= 4 is 11.8 Å². The van der Waals surface area contributed by atoms with Gasteiger partial charge in [-0.3, -0.25) is 0 Å². The molecule has 1 aliphatic rings. The summed E-state index contributed by atoms with van der Waals surface area (Å²) in [4.78, 5) is 14.1. The van der Waals surface area contributed by atoms with Crippen LogP contribution in [0.25, 0.3) is 0 Å². The molecular weight excluding hydrogens is 312 g/mol. The largest absolute Gasteiger partial charge is 0.444 e. The Morgan fingerprint density at radius 1 is 1.12 bits per heavy atom. The summed E-state index contributed by atoms with van der Waals surface area (Å²) in [5, 5.41) is 3.46. The van der Waals surface area contributed by atoms with Crippen molar-refractivity contribution in [2.75, 3.05) is 11.9 Å². The monoisotopic (exact) mass is 338 g/mol. The number of rotatable bonds is 3. The normalized spacial score (nSPS) is 14.0. The molecule has 0 atom stereocenters. The highest BCUT2D eigenvalue weighted by atomic mass is 16.6. The van der Waals surface area contributed by atoms with E-state index in [0.717, 1.165) is 18.7 Å². The Balaban J connectivity index is 1.66. The van der Waals surface area contributed by atoms with Gasteiger partial charge in [-0.15, -0.1) is 0 Å². The first-order valence-electron chi connectivity index (χ1n) is 8.78. The number of nitrogens with zero attached hydrogens (tertiary/aromatic N) is 1. The van der Waals surface area contributed by atoms with E-state index in [0.29, 0.717) is 13.1 Å². The summed E-state index contributed by atoms with van der Waals surface area (Å²) in [5.74, 6) is 0. The number of hydrogen-bond donors (Lipinski definition) is 1. The van der Waals surface area contributed by atoms with Crippen LogP contribution in [0.15, 0.2) is 48.5 Å². The number of ether oxygens (including phenoxy) is 1. The van der Waals surface area contributed by atoms with Gasteiger partial charge in [-0.1, -0.05) is 36.4 Å². The van der Waals surface area contributed by atoms with E-state index in [9.17, 15) is 4.79 Å². The van der Waals surface area contributed by atoms with E-state index in [2.05, 4.69) is 35.6 Å². The number of anilines is 1. The molecule has 0 fully saturated rings. The Morgan fingerprint density at radius 2 is 1.88 bits per heavy atom. The van der Waals surface area contributed by atoms with E-state index in [1.54, 1.807) is 4.90 Å². The highest BCUT2D eigenvalue weighted by Gasteiger charge is 2.25. The van der Waals surface area contributed by atoms with E-state index in [-0.39, 0.29) is 6.09 Å². The number of carbonyl (C=O) groups is 1. The van der Waals surface area contributed by atoms with Crippen molar-refractivity contribution in [3.8, 4) is 0 Å². The minimum atomic E-state index is -0.462. The van der Waals surface area contributed by atoms with Gasteiger partial charge in [0, 0.05) is 25.3 Å². The molecule has 25 heavy (non-hydrogen) atoms. The third-order valence-electron chi connectivity index (χ3n) is 4.21. The van der Waals surface area contributed by atoms with Gasteiger partial charge in [0.2, 0.25) is 0 Å². The predicted octanol–water partition coefficient (Wildman–Crippen LogP) is 4.59. The topological polar surface area (TPSA) is 41.6 Å². The van der Waals surface area contributed by atoms with E-state index < -0.39 is 5.60 Å². The summed E-state index contributed by atoms with van der Waals surface area (Å²) >= 11 is 0. The molecule has 2 aromatic carbocycles. The Kier molecular flexibility index (Phi) is 4.98. The zero-order valence-corrected chi connectivity index (χ0v) is 15.2. The highest BCUT2D eigenvalue weighted by Crippen LogP contribution is 2.24. The summed E-state index contributed by atoms with van der Waals surface area (Å²) in [6.45, 7) is 7.79. The van der Waals surface area contributed by atoms with Crippen molar-refractivity contribution in [1.29, 1.82) is 0 Å². The average Bonchev–Trinajstić information content (AvgIpc) is 2.58. The van der Waals surface area contributed by atoms with Crippen LogP contribution in [0.3, 0.4) is 0 Å². The lowest BCUT2D eigenvalue weighted by atomic mass is 9.99. The fraction of sp³-hybridized carbons (Fsp3) is 0.381. The molecule has 1 heterocycles. The smallest absolute Gasteiger partial charge is 0.410 e. The van der Waals surface area contributed by atoms with Crippen LogP contribution < -0.4 is 5.32 Å². The van der Waals surface area contributed by atoms with Gasteiger partial charge in [-0.2, -0.15) is 0 Å². The second-order valence-electron chi connectivity index (χ2n) is 7.47. The lowest BCUT2D eigenvalue weighted by molar-refractivity contribution is 0.0224. The molecule has 0 bridgehead atoms. The standard InChI is InChI=1S/C21H26N2O2/c1-21(2,3)25-20(24)23-12-11-17-9-10-19(13-18(17)15-23)22-14-16-7-5-4-6-8-16/h4-10,13,22H,11-12,14-15H2,1-3H3. The summed E-state index contributed by atoms with van der Waals surface area (Å²) < 4.78 is 5.50. The van der Waals surface area contributed by atoms with Crippen LogP contribution >= 0.6 is 0 Å². The first kappa shape index (κ1) is 17.3. The number of amides is 1. The second kappa shape index (κ2) is 7.18. The minimum Gasteiger partial charge on any atom is -0.444 e. The summed E-state index contributed by atoms with van der Waals surface area (Å²) in [7, 11) is 0. The van der Waals surface area contributed by atoms with Gasteiger partial charge in [-0.05, 0) is 56.0 Å². The minimum absolute atomic E-state index is 0.235. The van der Waals surface area contributed by atoms with Gasteiger partial charge in [0.15, 0.2) is 0 Å². The Morgan fingerprint density at radius 3 is 2.60 bits per heavy atom. The molecule has 0 spiro atoms. The molecular formula is C21H26N2O2. The molecule has 1 amide bonds. The van der Waals surface area contributed by atoms with Crippen molar-refractivity contribution in [3.63, 3.8) is 0 Å². The molecule has 0 unspecified atom stereocenters. The summed E-state index contributed by atoms with van der Waals surface area (Å²) in [6.07, 6.45) is 0.633. The van der Waals surface area contributed by atoms with Crippen molar-refractivity contribution < 1.29 is 9.53 Å². The first-order chi connectivity index (χ1) is 11.9. The van der Waals surface area contributed by atoms with Crippen LogP contribution in [-0.2, 0) is 24.2 Å². The molecule has 3 rings (SSSR count). The first-order valence-corrected chi connectivity index (χ1v) is 8.78. The third kappa shape index (κ3) is 4.75. The molecule has 0 aromatic heterocycles. The molecule has 2 aromatic rings. The van der Waals surface area contributed by atoms with Crippen molar-refractivity contribution in [2.45, 2.75) is 45.9 Å². The average molecular weight is 338 g/mol. The quantitative estimate of drug-likeness (QED) is 0.890. The van der Waals surface area contributed by atoms with Crippen LogP contribution in [0.5, 0.6) is 0 Å². The number of carbonyl (C=O) groups excluding carboxylic acids is 1. The summed E-state index contributed by atoms with van der Waals surface area (Å²) in [5.41, 5.74) is 4.36. The number of nitrogens with one attached hydrogen (secondary N) is 1. The fourth-order valence-electron chi connectivity index (χ4n) is 2.95. The van der Waals surface area contributed by atoms with E-state index >= 15 is 0 Å². The van der Waals surface area contributed by atoms with Crippen LogP contribution in [0.2, 0.25) is 0 Å². The number of hydrogen-bond acceptors (Lipinski definition) is 3. The van der Waals surface area contributed by atoms with Crippen molar-refractivity contribution in [1.82, 2.24) is 4.90 Å². The van der Waals surface area contributed by atoms with E-state index in [1.807, 2.05) is 39.0 Å². The molecule has 1 N–H and O–H groups in total. The zero-order chi connectivity index (χ0) is 17.9. The lowest BCUT2D eigenvalue weighted by Crippen LogP contribution is -2.39. The van der Waals surface area contributed by atoms with Crippen LogP contribution in [0.4, 0.5) is 10.5 Å². The van der Waals surface area contributed by atoms with E-state index in [4.69, 9.17) is 4.74 Å². The van der Waals surface area contributed by atoms with Gasteiger partial charge >= 0.3 is 6.09 Å². The molecule has 132 valence electrons. The third-order valence-corrected chi connectivity index (χ3v) is 4.21. The SMILES string of the molecule is CC(C)(C)OC(=O)N1CCc2ccc(NCc3ccccc3)cc2C1.